The zero-order valence-electron chi connectivity index (χ0n) is 12.7. The standard InChI is InChI=1S/C18H16N2O2S/c1-2-16-17(23-20-19-16)18(21)22-12-13-8-10-15(11-9-13)14-6-4-3-5-7-14/h3-11H,2,12H2,1H3. The summed E-state index contributed by atoms with van der Waals surface area (Å²) in [4.78, 5) is 12.5. The first-order valence-electron chi connectivity index (χ1n) is 7.40. The van der Waals surface area contributed by atoms with Crippen molar-refractivity contribution in [3.8, 4) is 11.1 Å². The Kier molecular flexibility index (Phi) is 4.78. The number of carbonyl (C=O) groups is 1. The Bertz CT molecular complexity index is 782. The van der Waals surface area contributed by atoms with Gasteiger partial charge in [0.05, 0.1) is 5.69 Å². The third-order valence-corrected chi connectivity index (χ3v) is 4.26. The fraction of sp³-hybridized carbons (Fsp3) is 0.167. The summed E-state index contributed by atoms with van der Waals surface area (Å²) in [6, 6.07) is 18.2. The number of ether oxygens (including phenoxy) is 1. The largest absolute Gasteiger partial charge is 0.457 e. The van der Waals surface area contributed by atoms with Crippen LogP contribution in [0.25, 0.3) is 11.1 Å². The second-order valence-electron chi connectivity index (χ2n) is 5.04. The van der Waals surface area contributed by atoms with Gasteiger partial charge in [-0.25, -0.2) is 4.79 Å². The molecule has 1 aromatic heterocycles. The normalized spacial score (nSPS) is 10.5. The Morgan fingerprint density at radius 1 is 1.04 bits per heavy atom. The predicted octanol–water partition coefficient (Wildman–Crippen LogP) is 4.12. The quantitative estimate of drug-likeness (QED) is 0.662. The lowest BCUT2D eigenvalue weighted by Crippen LogP contribution is -2.06. The molecule has 0 atom stereocenters. The summed E-state index contributed by atoms with van der Waals surface area (Å²) >= 11 is 1.08. The van der Waals surface area contributed by atoms with E-state index in [-0.39, 0.29) is 12.6 Å². The van der Waals surface area contributed by atoms with Crippen LogP contribution in [-0.4, -0.2) is 15.6 Å². The van der Waals surface area contributed by atoms with Crippen molar-refractivity contribution in [2.75, 3.05) is 0 Å². The van der Waals surface area contributed by atoms with Crippen LogP contribution in [0.5, 0.6) is 0 Å². The number of rotatable bonds is 5. The molecule has 0 aliphatic carbocycles. The number of benzene rings is 2. The SMILES string of the molecule is CCc1nnsc1C(=O)OCc1ccc(-c2ccccc2)cc1. The number of hydrogen-bond acceptors (Lipinski definition) is 5. The first kappa shape index (κ1) is 15.4. The Labute approximate surface area is 138 Å². The Morgan fingerprint density at radius 3 is 2.43 bits per heavy atom. The molecule has 0 unspecified atom stereocenters. The van der Waals surface area contributed by atoms with Crippen molar-refractivity contribution in [2.45, 2.75) is 20.0 Å². The van der Waals surface area contributed by atoms with Crippen molar-refractivity contribution in [1.29, 1.82) is 0 Å². The Morgan fingerprint density at radius 2 is 1.74 bits per heavy atom. The molecule has 4 nitrogen and oxygen atoms in total. The third-order valence-electron chi connectivity index (χ3n) is 3.51. The molecular weight excluding hydrogens is 308 g/mol. The number of hydrogen-bond donors (Lipinski definition) is 0. The van der Waals surface area contributed by atoms with Crippen LogP contribution in [-0.2, 0) is 17.8 Å². The fourth-order valence-electron chi connectivity index (χ4n) is 2.23. The van der Waals surface area contributed by atoms with Gasteiger partial charge in [-0.15, -0.1) is 5.10 Å². The molecule has 0 spiro atoms. The summed E-state index contributed by atoms with van der Waals surface area (Å²) in [5, 5.41) is 3.92. The number of esters is 1. The summed E-state index contributed by atoms with van der Waals surface area (Å²) in [6.45, 7) is 2.19. The van der Waals surface area contributed by atoms with Crippen molar-refractivity contribution in [2.24, 2.45) is 0 Å². The zero-order chi connectivity index (χ0) is 16.1. The highest BCUT2D eigenvalue weighted by Gasteiger charge is 2.16. The first-order chi connectivity index (χ1) is 11.3. The fourth-order valence-corrected chi connectivity index (χ4v) is 2.88. The minimum absolute atomic E-state index is 0.245. The lowest BCUT2D eigenvalue weighted by atomic mass is 10.0. The van der Waals surface area contributed by atoms with Gasteiger partial charge in [0.1, 0.15) is 6.61 Å². The molecule has 0 radical (unpaired) electrons. The monoisotopic (exact) mass is 324 g/mol. The molecule has 2 aromatic carbocycles. The molecule has 0 fully saturated rings. The van der Waals surface area contributed by atoms with Gasteiger partial charge in [-0.2, -0.15) is 0 Å². The molecule has 0 bridgehead atoms. The van der Waals surface area contributed by atoms with Crippen molar-refractivity contribution in [3.05, 3.63) is 70.7 Å². The molecule has 5 heteroatoms. The molecule has 1 heterocycles. The maximum Gasteiger partial charge on any atom is 0.352 e. The number of nitrogens with zero attached hydrogens (tertiary/aromatic N) is 2. The van der Waals surface area contributed by atoms with Gasteiger partial charge < -0.3 is 4.74 Å². The molecule has 3 rings (SSSR count). The van der Waals surface area contributed by atoms with E-state index in [2.05, 4.69) is 21.7 Å². The van der Waals surface area contributed by atoms with E-state index < -0.39 is 0 Å². The van der Waals surface area contributed by atoms with Gasteiger partial charge in [0.15, 0.2) is 4.88 Å². The van der Waals surface area contributed by atoms with E-state index >= 15 is 0 Å². The molecule has 0 saturated carbocycles. The van der Waals surface area contributed by atoms with E-state index in [4.69, 9.17) is 4.74 Å². The average molecular weight is 324 g/mol. The van der Waals surface area contributed by atoms with Crippen molar-refractivity contribution in [1.82, 2.24) is 9.59 Å². The van der Waals surface area contributed by atoms with Crippen LogP contribution < -0.4 is 0 Å². The van der Waals surface area contributed by atoms with Gasteiger partial charge in [-0.05, 0) is 34.6 Å². The molecule has 0 amide bonds. The van der Waals surface area contributed by atoms with Gasteiger partial charge in [-0.3, -0.25) is 0 Å². The minimum Gasteiger partial charge on any atom is -0.457 e. The Balaban J connectivity index is 1.64. The van der Waals surface area contributed by atoms with E-state index in [0.717, 1.165) is 22.7 Å². The molecular formula is C18H16N2O2S. The highest BCUT2D eigenvalue weighted by Crippen LogP contribution is 2.20. The summed E-state index contributed by atoms with van der Waals surface area (Å²) in [7, 11) is 0. The van der Waals surface area contributed by atoms with Crippen LogP contribution in [0.2, 0.25) is 0 Å². The molecule has 0 aliphatic rings. The molecule has 23 heavy (non-hydrogen) atoms. The van der Waals surface area contributed by atoms with Crippen LogP contribution >= 0.6 is 11.5 Å². The summed E-state index contributed by atoms with van der Waals surface area (Å²) in [6.07, 6.45) is 0.673. The van der Waals surface area contributed by atoms with Gasteiger partial charge in [0.25, 0.3) is 0 Å². The molecule has 0 aliphatic heterocycles. The second-order valence-corrected chi connectivity index (χ2v) is 5.80. The van der Waals surface area contributed by atoms with Crippen LogP contribution in [0, 0.1) is 0 Å². The summed E-state index contributed by atoms with van der Waals surface area (Å²) < 4.78 is 9.16. The summed E-state index contributed by atoms with van der Waals surface area (Å²) in [5.41, 5.74) is 3.95. The minimum atomic E-state index is -0.357. The van der Waals surface area contributed by atoms with Crippen LogP contribution in [0.4, 0.5) is 0 Å². The van der Waals surface area contributed by atoms with E-state index in [1.807, 2.05) is 49.4 Å². The van der Waals surface area contributed by atoms with Crippen LogP contribution in [0.3, 0.4) is 0 Å². The molecule has 0 saturated heterocycles. The Hall–Kier alpha value is -2.53. The highest BCUT2D eigenvalue weighted by molar-refractivity contribution is 7.07. The number of aryl methyl sites for hydroxylation is 1. The van der Waals surface area contributed by atoms with Crippen LogP contribution in [0.15, 0.2) is 54.6 Å². The highest BCUT2D eigenvalue weighted by atomic mass is 32.1. The number of aromatic nitrogens is 2. The van der Waals surface area contributed by atoms with Gasteiger partial charge in [0.2, 0.25) is 0 Å². The van der Waals surface area contributed by atoms with E-state index in [0.29, 0.717) is 17.0 Å². The second kappa shape index (κ2) is 7.15. The van der Waals surface area contributed by atoms with Gasteiger partial charge in [0, 0.05) is 0 Å². The first-order valence-corrected chi connectivity index (χ1v) is 8.18. The zero-order valence-corrected chi connectivity index (χ0v) is 13.5. The van der Waals surface area contributed by atoms with Gasteiger partial charge in [-0.1, -0.05) is 66.0 Å². The lowest BCUT2D eigenvalue weighted by molar-refractivity contribution is 0.0477. The maximum atomic E-state index is 12.1. The van der Waals surface area contributed by atoms with E-state index in [9.17, 15) is 4.79 Å². The number of carbonyl (C=O) groups excluding carboxylic acids is 1. The van der Waals surface area contributed by atoms with E-state index in [1.54, 1.807) is 0 Å². The maximum absolute atomic E-state index is 12.1. The molecule has 116 valence electrons. The smallest absolute Gasteiger partial charge is 0.352 e. The molecule has 0 N–H and O–H groups in total. The van der Waals surface area contributed by atoms with Crippen molar-refractivity contribution >= 4 is 17.5 Å². The lowest BCUT2D eigenvalue weighted by Gasteiger charge is -2.06. The average Bonchev–Trinajstić information content (AvgIpc) is 3.10. The van der Waals surface area contributed by atoms with Gasteiger partial charge >= 0.3 is 5.97 Å². The van der Waals surface area contributed by atoms with Crippen molar-refractivity contribution in [3.63, 3.8) is 0 Å². The molecule has 3 aromatic rings. The van der Waals surface area contributed by atoms with Crippen LogP contribution in [0.1, 0.15) is 27.9 Å². The predicted molar refractivity (Wildman–Crippen MR) is 90.3 cm³/mol. The van der Waals surface area contributed by atoms with Crippen molar-refractivity contribution < 1.29 is 9.53 Å². The third kappa shape index (κ3) is 3.63. The topological polar surface area (TPSA) is 52.1 Å². The van der Waals surface area contributed by atoms with E-state index in [1.165, 1.54) is 5.56 Å². The summed E-state index contributed by atoms with van der Waals surface area (Å²) in [5.74, 6) is -0.357.